The van der Waals surface area contributed by atoms with Gasteiger partial charge in [-0.25, -0.2) is 0 Å². The highest BCUT2D eigenvalue weighted by molar-refractivity contribution is 5.52. The van der Waals surface area contributed by atoms with Crippen LogP contribution in [0.25, 0.3) is 17.4 Å². The van der Waals surface area contributed by atoms with Crippen LogP contribution in [0, 0.1) is 0 Å². The monoisotopic (exact) mass is 485 g/mol. The fraction of sp³-hybridized carbons (Fsp3) is 0.240. The van der Waals surface area contributed by atoms with Gasteiger partial charge >= 0.3 is 0 Å². The van der Waals surface area contributed by atoms with Crippen LogP contribution in [0.4, 0.5) is 11.9 Å². The third-order valence-electron chi connectivity index (χ3n) is 5.51. The number of nitrogen functional groups attached to an aromatic ring is 1. The van der Waals surface area contributed by atoms with Gasteiger partial charge in [-0.1, -0.05) is 18.2 Å². The Bertz CT molecular complexity index is 1390. The molecule has 0 saturated carbocycles. The van der Waals surface area contributed by atoms with E-state index >= 15 is 0 Å². The van der Waals surface area contributed by atoms with Crippen LogP contribution in [0.3, 0.4) is 0 Å². The molecule has 0 aliphatic rings. The summed E-state index contributed by atoms with van der Waals surface area (Å²) in [6.07, 6.45) is 6.02. The first-order valence-corrected chi connectivity index (χ1v) is 11.6. The quantitative estimate of drug-likeness (QED) is 0.288. The minimum absolute atomic E-state index is 0.195. The molecule has 0 atom stereocenters. The molecule has 3 N–H and O–H groups in total. The lowest BCUT2D eigenvalue weighted by molar-refractivity contribution is 0.232. The van der Waals surface area contributed by atoms with Gasteiger partial charge in [0, 0.05) is 32.0 Å². The molecule has 0 aliphatic heterocycles. The van der Waals surface area contributed by atoms with Crippen molar-refractivity contribution in [1.82, 2.24) is 34.4 Å². The molecular weight excluding hydrogens is 458 g/mol. The Kier molecular flexibility index (Phi) is 6.99. The molecule has 0 unspecified atom stereocenters. The summed E-state index contributed by atoms with van der Waals surface area (Å²) in [5.41, 5.74) is 8.39. The number of furan rings is 1. The summed E-state index contributed by atoms with van der Waals surface area (Å²) in [7, 11) is 2.07. The number of nitrogens with zero attached hydrogens (tertiary/aromatic N) is 7. The van der Waals surface area contributed by atoms with Crippen molar-refractivity contribution in [3.63, 3.8) is 0 Å². The molecule has 0 bridgehead atoms. The van der Waals surface area contributed by atoms with Crippen LogP contribution in [0.5, 0.6) is 5.75 Å². The van der Waals surface area contributed by atoms with Gasteiger partial charge in [-0.05, 0) is 54.9 Å². The lowest BCUT2D eigenvalue weighted by Gasteiger charge is -2.17. The number of benzene rings is 1. The molecule has 0 aliphatic carbocycles. The second kappa shape index (κ2) is 10.8. The Hall–Kier alpha value is -4.51. The highest BCUT2D eigenvalue weighted by Crippen LogP contribution is 2.18. The SMILES string of the molecule is CN(CCOc1ccc(CCNc2nc(N)n3nc(-c4ccco4)nc3n2)cc1)Cc1cccnc1. The minimum Gasteiger partial charge on any atom is -0.492 e. The van der Waals surface area contributed by atoms with Crippen molar-refractivity contribution in [2.24, 2.45) is 0 Å². The maximum absolute atomic E-state index is 6.04. The largest absolute Gasteiger partial charge is 0.492 e. The highest BCUT2D eigenvalue weighted by atomic mass is 16.5. The molecule has 11 heteroatoms. The minimum atomic E-state index is 0.195. The molecule has 36 heavy (non-hydrogen) atoms. The first kappa shape index (κ1) is 23.2. The maximum atomic E-state index is 6.04. The van der Waals surface area contributed by atoms with Crippen molar-refractivity contribution in [3.8, 4) is 17.3 Å². The summed E-state index contributed by atoms with van der Waals surface area (Å²) in [4.78, 5) is 19.4. The van der Waals surface area contributed by atoms with E-state index in [0.717, 1.165) is 25.3 Å². The van der Waals surface area contributed by atoms with Crippen LogP contribution < -0.4 is 15.8 Å². The molecule has 1 aromatic carbocycles. The number of likely N-dealkylation sites (N-methyl/N-ethyl adjacent to an activating group) is 1. The molecule has 5 aromatic rings. The number of hydrogen-bond acceptors (Lipinski definition) is 10. The Balaban J connectivity index is 1.08. The molecular formula is C25H27N9O2. The molecule has 0 amide bonds. The summed E-state index contributed by atoms with van der Waals surface area (Å²) in [6.45, 7) is 2.91. The van der Waals surface area contributed by atoms with E-state index in [9.17, 15) is 0 Å². The van der Waals surface area contributed by atoms with Gasteiger partial charge in [-0.3, -0.25) is 9.88 Å². The van der Waals surface area contributed by atoms with Crippen LogP contribution in [0.15, 0.2) is 71.6 Å². The Morgan fingerprint density at radius 1 is 1.06 bits per heavy atom. The third-order valence-corrected chi connectivity index (χ3v) is 5.51. The van der Waals surface area contributed by atoms with E-state index in [1.165, 1.54) is 15.6 Å². The number of anilines is 2. The highest BCUT2D eigenvalue weighted by Gasteiger charge is 2.13. The summed E-state index contributed by atoms with van der Waals surface area (Å²) >= 11 is 0. The van der Waals surface area contributed by atoms with Gasteiger partial charge < -0.3 is 20.2 Å². The van der Waals surface area contributed by atoms with Crippen molar-refractivity contribution < 1.29 is 9.15 Å². The number of fused-ring (bicyclic) bond motifs is 1. The number of rotatable bonds is 11. The molecule has 5 rings (SSSR count). The topological polar surface area (TPSA) is 133 Å². The van der Waals surface area contributed by atoms with E-state index in [2.05, 4.69) is 60.5 Å². The van der Waals surface area contributed by atoms with Crippen molar-refractivity contribution in [2.75, 3.05) is 37.8 Å². The van der Waals surface area contributed by atoms with Gasteiger partial charge in [0.05, 0.1) is 6.26 Å². The molecule has 0 spiro atoms. The van der Waals surface area contributed by atoms with E-state index in [4.69, 9.17) is 14.9 Å². The van der Waals surface area contributed by atoms with E-state index in [0.29, 0.717) is 36.5 Å². The fourth-order valence-corrected chi connectivity index (χ4v) is 3.67. The second-order valence-electron chi connectivity index (χ2n) is 8.30. The van der Waals surface area contributed by atoms with Gasteiger partial charge in [0.1, 0.15) is 12.4 Å². The van der Waals surface area contributed by atoms with E-state index in [1.807, 2.05) is 24.4 Å². The number of nitrogens with one attached hydrogen (secondary N) is 1. The lowest BCUT2D eigenvalue weighted by atomic mass is 10.1. The standard InChI is InChI=1S/C25H27N9O2/c1-33(17-19-4-2-11-27-16-19)13-15-35-20-8-6-18(7-9-20)10-12-28-24-30-23(26)34-25(31-24)29-22(32-34)21-5-3-14-36-21/h2-9,11,14,16H,10,12-13,15,17H2,1H3,(H3,26,28,29,30,31,32). The smallest absolute Gasteiger partial charge is 0.259 e. The van der Waals surface area contributed by atoms with Crippen molar-refractivity contribution in [2.45, 2.75) is 13.0 Å². The summed E-state index contributed by atoms with van der Waals surface area (Å²) < 4.78 is 12.6. The Morgan fingerprint density at radius 3 is 2.72 bits per heavy atom. The van der Waals surface area contributed by atoms with Crippen molar-refractivity contribution >= 4 is 17.7 Å². The van der Waals surface area contributed by atoms with Crippen LogP contribution in [0.1, 0.15) is 11.1 Å². The first-order chi connectivity index (χ1) is 17.6. The predicted octanol–water partition coefficient (Wildman–Crippen LogP) is 2.92. The van der Waals surface area contributed by atoms with Gasteiger partial charge in [0.15, 0.2) is 5.76 Å². The zero-order valence-corrected chi connectivity index (χ0v) is 19.9. The normalized spacial score (nSPS) is 11.3. The van der Waals surface area contributed by atoms with Crippen LogP contribution in [0.2, 0.25) is 0 Å². The van der Waals surface area contributed by atoms with Crippen LogP contribution in [-0.4, -0.2) is 61.2 Å². The number of aromatic nitrogens is 6. The van der Waals surface area contributed by atoms with E-state index in [1.54, 1.807) is 24.6 Å². The number of ether oxygens (including phenoxy) is 1. The zero-order chi connectivity index (χ0) is 24.7. The number of nitrogens with two attached hydrogens (primary N) is 1. The fourth-order valence-electron chi connectivity index (χ4n) is 3.67. The van der Waals surface area contributed by atoms with Gasteiger partial charge in [-0.2, -0.15) is 19.5 Å². The van der Waals surface area contributed by atoms with Crippen LogP contribution in [-0.2, 0) is 13.0 Å². The molecule has 4 heterocycles. The molecule has 184 valence electrons. The molecule has 4 aromatic heterocycles. The molecule has 0 saturated heterocycles. The lowest BCUT2D eigenvalue weighted by Crippen LogP contribution is -2.23. The van der Waals surface area contributed by atoms with E-state index < -0.39 is 0 Å². The molecule has 0 fully saturated rings. The van der Waals surface area contributed by atoms with Crippen molar-refractivity contribution in [3.05, 3.63) is 78.3 Å². The maximum Gasteiger partial charge on any atom is 0.259 e. The summed E-state index contributed by atoms with van der Waals surface area (Å²) in [5.74, 6) is 2.74. The van der Waals surface area contributed by atoms with Gasteiger partial charge in [0.2, 0.25) is 17.7 Å². The molecule has 11 nitrogen and oxygen atoms in total. The Labute approximate surface area is 208 Å². The zero-order valence-electron chi connectivity index (χ0n) is 19.9. The first-order valence-electron chi connectivity index (χ1n) is 11.6. The average molecular weight is 486 g/mol. The average Bonchev–Trinajstić information content (AvgIpc) is 3.56. The number of hydrogen-bond donors (Lipinski definition) is 2. The van der Waals surface area contributed by atoms with Crippen LogP contribution >= 0.6 is 0 Å². The van der Waals surface area contributed by atoms with Gasteiger partial charge in [0.25, 0.3) is 5.78 Å². The molecule has 0 radical (unpaired) electrons. The second-order valence-corrected chi connectivity index (χ2v) is 8.30. The predicted molar refractivity (Wildman–Crippen MR) is 135 cm³/mol. The third kappa shape index (κ3) is 5.76. The van der Waals surface area contributed by atoms with Gasteiger partial charge in [-0.15, -0.1) is 5.10 Å². The summed E-state index contributed by atoms with van der Waals surface area (Å²) in [5, 5.41) is 7.50. The number of pyridine rings is 1. The van der Waals surface area contributed by atoms with E-state index in [-0.39, 0.29) is 5.95 Å². The summed E-state index contributed by atoms with van der Waals surface area (Å²) in [6, 6.07) is 15.7. The Morgan fingerprint density at radius 2 is 1.94 bits per heavy atom. The van der Waals surface area contributed by atoms with Crippen molar-refractivity contribution in [1.29, 1.82) is 0 Å².